The zero-order valence-corrected chi connectivity index (χ0v) is 14.5. The molecule has 0 N–H and O–H groups in total. The van der Waals surface area contributed by atoms with Crippen molar-refractivity contribution in [2.24, 2.45) is 0 Å². The van der Waals surface area contributed by atoms with Crippen LogP contribution in [-0.2, 0) is 6.54 Å². The predicted molar refractivity (Wildman–Crippen MR) is 96.0 cm³/mol. The molecule has 23 heavy (non-hydrogen) atoms. The Balaban J connectivity index is 2.01. The fourth-order valence-electron chi connectivity index (χ4n) is 2.68. The second kappa shape index (κ2) is 6.55. The Morgan fingerprint density at radius 2 is 1.61 bits per heavy atom. The highest BCUT2D eigenvalue weighted by Crippen LogP contribution is 2.44. The van der Waals surface area contributed by atoms with Gasteiger partial charge in [0.15, 0.2) is 0 Å². The minimum absolute atomic E-state index is 0.111. The van der Waals surface area contributed by atoms with E-state index in [-0.39, 0.29) is 5.76 Å². The molecule has 3 heteroatoms. The Kier molecular flexibility index (Phi) is 4.49. The summed E-state index contributed by atoms with van der Waals surface area (Å²) in [5.74, 6) is 0.111. The third kappa shape index (κ3) is 3.15. The van der Waals surface area contributed by atoms with Gasteiger partial charge in [-0.1, -0.05) is 72.1 Å². The summed E-state index contributed by atoms with van der Waals surface area (Å²) >= 11 is 1.59. The highest BCUT2D eigenvalue weighted by atomic mass is 32.2. The van der Waals surface area contributed by atoms with Crippen molar-refractivity contribution in [2.75, 3.05) is 0 Å². The maximum atomic E-state index is 13.0. The molecule has 2 aromatic rings. The third-order valence-electron chi connectivity index (χ3n) is 4.18. The van der Waals surface area contributed by atoms with Gasteiger partial charge in [-0.05, 0) is 37.5 Å². The van der Waals surface area contributed by atoms with Gasteiger partial charge in [0.2, 0.25) is 0 Å². The summed E-state index contributed by atoms with van der Waals surface area (Å²) in [6, 6.07) is 18.1. The van der Waals surface area contributed by atoms with E-state index in [0.29, 0.717) is 0 Å². The topological polar surface area (TPSA) is 26.3 Å². The minimum Gasteiger partial charge on any atom is -0.870 e. The molecule has 0 amide bonds. The first-order valence-electron chi connectivity index (χ1n) is 7.72. The van der Waals surface area contributed by atoms with E-state index < -0.39 is 0 Å². The van der Waals surface area contributed by atoms with Crippen molar-refractivity contribution < 1.29 is 5.11 Å². The molecule has 3 rings (SSSR count). The Hall–Kier alpha value is -2.13. The van der Waals surface area contributed by atoms with Gasteiger partial charge in [-0.2, -0.15) is 0 Å². The Morgan fingerprint density at radius 3 is 2.30 bits per heavy atom. The van der Waals surface area contributed by atoms with Crippen molar-refractivity contribution in [1.29, 1.82) is 0 Å². The second-order valence-electron chi connectivity index (χ2n) is 5.76. The van der Waals surface area contributed by atoms with Crippen LogP contribution in [-0.4, -0.2) is 4.90 Å². The van der Waals surface area contributed by atoms with Crippen LogP contribution in [0.5, 0.6) is 0 Å². The van der Waals surface area contributed by atoms with Crippen LogP contribution in [0.25, 0.3) is 5.76 Å². The lowest BCUT2D eigenvalue weighted by Crippen LogP contribution is -2.20. The van der Waals surface area contributed by atoms with Crippen molar-refractivity contribution in [3.05, 3.63) is 86.9 Å². The van der Waals surface area contributed by atoms with E-state index in [2.05, 4.69) is 30.9 Å². The molecular weight excluding hydrogens is 302 g/mol. The van der Waals surface area contributed by atoms with Crippen molar-refractivity contribution in [3.63, 3.8) is 0 Å². The average molecular weight is 322 g/mol. The molecule has 0 spiro atoms. The first-order chi connectivity index (χ1) is 11.1. The van der Waals surface area contributed by atoms with Crippen LogP contribution in [0, 0.1) is 6.92 Å². The molecule has 1 heterocycles. The molecule has 2 aromatic carbocycles. The maximum Gasteiger partial charge on any atom is 0.0724 e. The number of thioether (sulfide) groups is 1. The zero-order valence-electron chi connectivity index (χ0n) is 13.7. The van der Waals surface area contributed by atoms with E-state index in [1.54, 1.807) is 11.8 Å². The molecule has 118 valence electrons. The number of rotatable bonds is 3. The molecular formula is C20H20NOS-. The van der Waals surface area contributed by atoms with Crippen LogP contribution in [0.3, 0.4) is 0 Å². The van der Waals surface area contributed by atoms with Crippen LogP contribution in [0.4, 0.5) is 0 Å². The Bertz CT molecular complexity index is 777. The largest absolute Gasteiger partial charge is 0.870 e. The first-order valence-corrected chi connectivity index (χ1v) is 8.53. The molecule has 1 aliphatic rings. The highest BCUT2D eigenvalue weighted by molar-refractivity contribution is 8.07. The molecule has 0 aromatic heterocycles. The summed E-state index contributed by atoms with van der Waals surface area (Å²) in [5, 5.41) is 13.8. The number of benzene rings is 2. The SMILES string of the molecule is CC1=C(C)N(Cc2ccccc2)/C(=C(\[O-])c2ccccc2C)S1. The number of allylic oxidation sites excluding steroid dienone is 2. The number of hydrogen-bond donors (Lipinski definition) is 0. The predicted octanol–water partition coefficient (Wildman–Crippen LogP) is 4.48. The minimum atomic E-state index is 0.111. The standard InChI is InChI=1S/C20H21NOS/c1-14-9-7-8-12-18(14)19(22)20-21(15(2)16(3)23-20)13-17-10-5-4-6-11-17/h4-12,22H,13H2,1-3H3/p-1/b20-19+. The van der Waals surface area contributed by atoms with Gasteiger partial charge in [0.1, 0.15) is 0 Å². The molecule has 1 aliphatic heterocycles. The van der Waals surface area contributed by atoms with Crippen LogP contribution < -0.4 is 5.11 Å². The van der Waals surface area contributed by atoms with Crippen molar-refractivity contribution in [2.45, 2.75) is 27.3 Å². The Morgan fingerprint density at radius 1 is 0.957 bits per heavy atom. The highest BCUT2D eigenvalue weighted by Gasteiger charge is 2.24. The summed E-state index contributed by atoms with van der Waals surface area (Å²) in [4.78, 5) is 3.34. The van der Waals surface area contributed by atoms with Gasteiger partial charge in [0, 0.05) is 17.1 Å². The van der Waals surface area contributed by atoms with E-state index in [1.807, 2.05) is 49.4 Å². The summed E-state index contributed by atoms with van der Waals surface area (Å²) in [6.07, 6.45) is 0. The number of nitrogens with zero attached hydrogens (tertiary/aromatic N) is 1. The quantitative estimate of drug-likeness (QED) is 0.779. The molecule has 0 saturated carbocycles. The van der Waals surface area contributed by atoms with Crippen molar-refractivity contribution in [3.8, 4) is 0 Å². The van der Waals surface area contributed by atoms with E-state index in [1.165, 1.54) is 10.5 Å². The fourth-order valence-corrected chi connectivity index (χ4v) is 3.75. The number of aryl methyl sites for hydroxylation is 1. The maximum absolute atomic E-state index is 13.0. The van der Waals surface area contributed by atoms with E-state index in [0.717, 1.165) is 28.4 Å². The monoisotopic (exact) mass is 322 g/mol. The molecule has 0 unspecified atom stereocenters. The van der Waals surface area contributed by atoms with E-state index >= 15 is 0 Å². The Labute approximate surface area is 142 Å². The van der Waals surface area contributed by atoms with E-state index in [4.69, 9.17) is 0 Å². The first kappa shape index (κ1) is 15.8. The lowest BCUT2D eigenvalue weighted by atomic mass is 10.1. The summed E-state index contributed by atoms with van der Waals surface area (Å²) in [7, 11) is 0. The van der Waals surface area contributed by atoms with Gasteiger partial charge in [0.05, 0.1) is 5.03 Å². The molecule has 0 atom stereocenters. The molecule has 0 saturated heterocycles. The smallest absolute Gasteiger partial charge is 0.0724 e. The van der Waals surface area contributed by atoms with Crippen LogP contribution >= 0.6 is 11.8 Å². The molecule has 0 aliphatic carbocycles. The van der Waals surface area contributed by atoms with Gasteiger partial charge in [0.25, 0.3) is 0 Å². The second-order valence-corrected chi connectivity index (χ2v) is 6.97. The van der Waals surface area contributed by atoms with Crippen LogP contribution in [0.15, 0.2) is 70.2 Å². The van der Waals surface area contributed by atoms with E-state index in [9.17, 15) is 5.11 Å². The fraction of sp³-hybridized carbons (Fsp3) is 0.200. The molecule has 2 nitrogen and oxygen atoms in total. The van der Waals surface area contributed by atoms with Crippen molar-refractivity contribution >= 4 is 17.5 Å². The van der Waals surface area contributed by atoms with Gasteiger partial charge in [-0.25, -0.2) is 0 Å². The molecule has 0 bridgehead atoms. The van der Waals surface area contributed by atoms with Crippen molar-refractivity contribution in [1.82, 2.24) is 4.90 Å². The van der Waals surface area contributed by atoms with Crippen LogP contribution in [0.1, 0.15) is 30.5 Å². The third-order valence-corrected chi connectivity index (χ3v) is 5.38. The normalized spacial score (nSPS) is 16.9. The molecule has 0 radical (unpaired) electrons. The van der Waals surface area contributed by atoms with Gasteiger partial charge in [-0.15, -0.1) is 0 Å². The summed E-state index contributed by atoms with van der Waals surface area (Å²) < 4.78 is 0. The van der Waals surface area contributed by atoms with Gasteiger partial charge in [-0.3, -0.25) is 0 Å². The lowest BCUT2D eigenvalue weighted by Gasteiger charge is -2.27. The number of hydrogen-bond acceptors (Lipinski definition) is 3. The van der Waals surface area contributed by atoms with Crippen LogP contribution in [0.2, 0.25) is 0 Å². The van der Waals surface area contributed by atoms with Gasteiger partial charge >= 0.3 is 0 Å². The average Bonchev–Trinajstić information content (AvgIpc) is 2.84. The summed E-state index contributed by atoms with van der Waals surface area (Å²) in [5.41, 5.74) is 4.18. The lowest BCUT2D eigenvalue weighted by molar-refractivity contribution is -0.245. The van der Waals surface area contributed by atoms with Gasteiger partial charge < -0.3 is 10.0 Å². The zero-order chi connectivity index (χ0) is 16.4. The molecule has 0 fully saturated rings. The summed E-state index contributed by atoms with van der Waals surface area (Å²) in [6.45, 7) is 6.88.